The summed E-state index contributed by atoms with van der Waals surface area (Å²) < 4.78 is 19.3. The zero-order valence-corrected chi connectivity index (χ0v) is 17.1. The second-order valence-electron chi connectivity index (χ2n) is 7.42. The largest absolute Gasteiger partial charge is 0.444 e. The highest BCUT2D eigenvalue weighted by Crippen LogP contribution is 2.24. The van der Waals surface area contributed by atoms with Crippen LogP contribution in [0.2, 0.25) is 0 Å². The van der Waals surface area contributed by atoms with Gasteiger partial charge in [0.05, 0.1) is 4.47 Å². The van der Waals surface area contributed by atoms with Crippen LogP contribution in [0.25, 0.3) is 0 Å². The molecule has 0 atom stereocenters. The standard InChI is InChI=1S/C18H25BrFN3O3/c1-11-9-13(19)14(20)10-15(11)22-16(24)23-7-5-12(6-8-23)21-17(25)26-18(2,3)4/h9-10,12H,5-8H2,1-4H3,(H,21,25)(H,22,24). The monoisotopic (exact) mass is 429 g/mol. The van der Waals surface area contributed by atoms with Crippen molar-refractivity contribution in [3.63, 3.8) is 0 Å². The molecule has 0 bridgehead atoms. The Balaban J connectivity index is 1.85. The van der Waals surface area contributed by atoms with Crippen molar-refractivity contribution in [2.24, 2.45) is 0 Å². The van der Waals surface area contributed by atoms with Crippen LogP contribution in [-0.2, 0) is 4.74 Å². The summed E-state index contributed by atoms with van der Waals surface area (Å²) in [6.45, 7) is 8.25. The fourth-order valence-electron chi connectivity index (χ4n) is 2.68. The summed E-state index contributed by atoms with van der Waals surface area (Å²) in [6, 6.07) is 2.63. The molecule has 2 rings (SSSR count). The molecule has 0 unspecified atom stereocenters. The molecule has 0 radical (unpaired) electrons. The van der Waals surface area contributed by atoms with E-state index in [1.807, 2.05) is 20.8 Å². The van der Waals surface area contributed by atoms with Gasteiger partial charge in [0.15, 0.2) is 0 Å². The molecule has 1 aromatic carbocycles. The van der Waals surface area contributed by atoms with Crippen molar-refractivity contribution in [2.75, 3.05) is 18.4 Å². The van der Waals surface area contributed by atoms with Gasteiger partial charge in [0.1, 0.15) is 11.4 Å². The van der Waals surface area contributed by atoms with Crippen molar-refractivity contribution in [1.29, 1.82) is 0 Å². The lowest BCUT2D eigenvalue weighted by molar-refractivity contribution is 0.0486. The number of rotatable bonds is 2. The molecule has 1 aliphatic rings. The second kappa shape index (κ2) is 8.24. The van der Waals surface area contributed by atoms with Crippen molar-refractivity contribution in [3.05, 3.63) is 28.0 Å². The number of piperidine rings is 1. The minimum absolute atomic E-state index is 0.0271. The van der Waals surface area contributed by atoms with E-state index in [4.69, 9.17) is 4.74 Å². The molecule has 1 fully saturated rings. The number of amides is 3. The Morgan fingerprint density at radius 2 is 1.88 bits per heavy atom. The first-order chi connectivity index (χ1) is 12.0. The van der Waals surface area contributed by atoms with Gasteiger partial charge < -0.3 is 20.3 Å². The average Bonchev–Trinajstić information content (AvgIpc) is 2.51. The van der Waals surface area contributed by atoms with Crippen molar-refractivity contribution in [2.45, 2.75) is 52.2 Å². The number of benzene rings is 1. The number of aryl methyl sites for hydroxylation is 1. The predicted molar refractivity (Wildman–Crippen MR) is 102 cm³/mol. The van der Waals surface area contributed by atoms with Gasteiger partial charge >= 0.3 is 12.1 Å². The number of hydrogen-bond donors (Lipinski definition) is 2. The molecule has 8 heteroatoms. The topological polar surface area (TPSA) is 70.7 Å². The summed E-state index contributed by atoms with van der Waals surface area (Å²) in [5.74, 6) is -0.425. The van der Waals surface area contributed by atoms with Gasteiger partial charge in [-0.05, 0) is 74.2 Å². The summed E-state index contributed by atoms with van der Waals surface area (Å²) in [7, 11) is 0. The predicted octanol–water partition coefficient (Wildman–Crippen LogP) is 4.42. The fourth-order valence-corrected chi connectivity index (χ4v) is 3.13. The summed E-state index contributed by atoms with van der Waals surface area (Å²) >= 11 is 3.12. The second-order valence-corrected chi connectivity index (χ2v) is 8.27. The lowest BCUT2D eigenvalue weighted by atomic mass is 10.1. The lowest BCUT2D eigenvalue weighted by Gasteiger charge is -2.33. The van der Waals surface area contributed by atoms with Crippen LogP contribution in [-0.4, -0.2) is 41.8 Å². The van der Waals surface area contributed by atoms with Gasteiger partial charge in [0.25, 0.3) is 0 Å². The molecule has 0 spiro atoms. The zero-order chi connectivity index (χ0) is 19.5. The van der Waals surface area contributed by atoms with Gasteiger partial charge in [-0.1, -0.05) is 0 Å². The molecule has 0 saturated carbocycles. The number of anilines is 1. The van der Waals surface area contributed by atoms with Gasteiger partial charge in [-0.25, -0.2) is 14.0 Å². The van der Waals surface area contributed by atoms with Crippen molar-refractivity contribution in [3.8, 4) is 0 Å². The molecule has 144 valence electrons. The first-order valence-electron chi connectivity index (χ1n) is 8.56. The summed E-state index contributed by atoms with van der Waals surface area (Å²) in [6.07, 6.45) is 0.835. The number of nitrogens with one attached hydrogen (secondary N) is 2. The van der Waals surface area contributed by atoms with E-state index in [9.17, 15) is 14.0 Å². The van der Waals surface area contributed by atoms with E-state index in [1.54, 1.807) is 17.9 Å². The van der Waals surface area contributed by atoms with Crippen LogP contribution in [0.5, 0.6) is 0 Å². The maximum atomic E-state index is 13.7. The molecule has 1 heterocycles. The van der Waals surface area contributed by atoms with Crippen LogP contribution in [0.15, 0.2) is 16.6 Å². The maximum Gasteiger partial charge on any atom is 0.407 e. The number of alkyl carbamates (subject to hydrolysis) is 1. The van der Waals surface area contributed by atoms with Crippen LogP contribution < -0.4 is 10.6 Å². The number of likely N-dealkylation sites (tertiary alicyclic amines) is 1. The van der Waals surface area contributed by atoms with E-state index >= 15 is 0 Å². The van der Waals surface area contributed by atoms with Crippen molar-refractivity contribution in [1.82, 2.24) is 10.2 Å². The van der Waals surface area contributed by atoms with E-state index in [0.717, 1.165) is 5.56 Å². The Hall–Kier alpha value is -1.83. The summed E-state index contributed by atoms with van der Waals surface area (Å²) in [5.41, 5.74) is 0.681. The molecule has 6 nitrogen and oxygen atoms in total. The highest BCUT2D eigenvalue weighted by atomic mass is 79.9. The Morgan fingerprint density at radius 1 is 1.27 bits per heavy atom. The first kappa shape index (κ1) is 20.5. The molecular weight excluding hydrogens is 405 g/mol. The maximum absolute atomic E-state index is 13.7. The third-order valence-electron chi connectivity index (χ3n) is 4.01. The SMILES string of the molecule is Cc1cc(Br)c(F)cc1NC(=O)N1CCC(NC(=O)OC(C)(C)C)CC1. The highest BCUT2D eigenvalue weighted by molar-refractivity contribution is 9.10. The van der Waals surface area contributed by atoms with Gasteiger partial charge in [-0.2, -0.15) is 0 Å². The molecule has 0 aliphatic carbocycles. The number of halogens is 2. The third kappa shape index (κ3) is 5.86. The van der Waals surface area contributed by atoms with Crippen LogP contribution in [0.1, 0.15) is 39.2 Å². The highest BCUT2D eigenvalue weighted by Gasteiger charge is 2.26. The normalized spacial score (nSPS) is 15.5. The number of carbonyl (C=O) groups excluding carboxylic acids is 2. The fraction of sp³-hybridized carbons (Fsp3) is 0.556. The molecular formula is C18H25BrFN3O3. The lowest BCUT2D eigenvalue weighted by Crippen LogP contribution is -2.48. The number of hydrogen-bond acceptors (Lipinski definition) is 3. The van der Waals surface area contributed by atoms with Gasteiger partial charge in [0, 0.05) is 24.8 Å². The van der Waals surface area contributed by atoms with E-state index in [1.165, 1.54) is 6.07 Å². The molecule has 2 N–H and O–H groups in total. The molecule has 0 aromatic heterocycles. The molecule has 1 aromatic rings. The van der Waals surface area contributed by atoms with Crippen LogP contribution in [0, 0.1) is 12.7 Å². The molecule has 1 aliphatic heterocycles. The van der Waals surface area contributed by atoms with Crippen LogP contribution >= 0.6 is 15.9 Å². The van der Waals surface area contributed by atoms with E-state index in [0.29, 0.717) is 36.1 Å². The first-order valence-corrected chi connectivity index (χ1v) is 9.35. The summed E-state index contributed by atoms with van der Waals surface area (Å²) in [4.78, 5) is 25.9. The number of ether oxygens (including phenoxy) is 1. The van der Waals surface area contributed by atoms with E-state index in [2.05, 4.69) is 26.6 Å². The van der Waals surface area contributed by atoms with Crippen LogP contribution in [0.3, 0.4) is 0 Å². The average molecular weight is 430 g/mol. The van der Waals surface area contributed by atoms with Crippen LogP contribution in [0.4, 0.5) is 19.7 Å². The smallest absolute Gasteiger partial charge is 0.407 e. The Bertz CT molecular complexity index is 683. The van der Waals surface area contributed by atoms with Gasteiger partial charge in [-0.3, -0.25) is 0 Å². The van der Waals surface area contributed by atoms with E-state index in [-0.39, 0.29) is 12.1 Å². The Labute approximate surface area is 161 Å². The number of carbonyl (C=O) groups is 2. The quantitative estimate of drug-likeness (QED) is 0.730. The Morgan fingerprint density at radius 3 is 2.46 bits per heavy atom. The number of nitrogens with zero attached hydrogens (tertiary/aromatic N) is 1. The minimum atomic E-state index is -0.539. The Kier molecular flexibility index (Phi) is 6.49. The molecule has 26 heavy (non-hydrogen) atoms. The van der Waals surface area contributed by atoms with Gasteiger partial charge in [0.2, 0.25) is 0 Å². The third-order valence-corrected chi connectivity index (χ3v) is 4.62. The molecule has 1 saturated heterocycles. The molecule has 3 amide bonds. The van der Waals surface area contributed by atoms with Gasteiger partial charge in [-0.15, -0.1) is 0 Å². The van der Waals surface area contributed by atoms with Crippen molar-refractivity contribution >= 4 is 33.7 Å². The van der Waals surface area contributed by atoms with Crippen molar-refractivity contribution < 1.29 is 18.7 Å². The summed E-state index contributed by atoms with van der Waals surface area (Å²) in [5, 5.41) is 5.58. The van der Waals surface area contributed by atoms with E-state index < -0.39 is 17.5 Å². The zero-order valence-electron chi connectivity index (χ0n) is 15.5. The number of urea groups is 1. The minimum Gasteiger partial charge on any atom is -0.444 e.